The van der Waals surface area contributed by atoms with Crippen LogP contribution in [0, 0.1) is 6.92 Å². The highest BCUT2D eigenvalue weighted by molar-refractivity contribution is 8.26. The van der Waals surface area contributed by atoms with Crippen LogP contribution in [0.1, 0.15) is 35.3 Å². The van der Waals surface area contributed by atoms with Gasteiger partial charge in [-0.25, -0.2) is 19.2 Å². The van der Waals surface area contributed by atoms with Crippen molar-refractivity contribution in [1.82, 2.24) is 0 Å². The summed E-state index contributed by atoms with van der Waals surface area (Å²) in [6.45, 7) is 5.52. The summed E-state index contributed by atoms with van der Waals surface area (Å²) in [6, 6.07) is 12.2. The van der Waals surface area contributed by atoms with Crippen molar-refractivity contribution >= 4 is 76.3 Å². The van der Waals surface area contributed by atoms with Crippen LogP contribution >= 0.6 is 35.3 Å². The number of nitrogens with zero attached hydrogens (tertiary/aromatic N) is 1. The number of esters is 4. The van der Waals surface area contributed by atoms with E-state index in [1.54, 1.807) is 41.3 Å². The number of carbonyl (C=O) groups is 5. The Hall–Kier alpha value is -4.14. The summed E-state index contributed by atoms with van der Waals surface area (Å²) < 4.78 is 24.2. The van der Waals surface area contributed by atoms with Crippen LogP contribution in [0.15, 0.2) is 67.7 Å². The van der Waals surface area contributed by atoms with E-state index in [1.807, 2.05) is 26.8 Å². The maximum absolute atomic E-state index is 14.6. The molecule has 0 N–H and O–H groups in total. The minimum absolute atomic E-state index is 0.115. The lowest BCUT2D eigenvalue weighted by Gasteiger charge is -2.51. The average molecular weight is 698 g/mol. The Morgan fingerprint density at radius 3 is 1.83 bits per heavy atom. The molecule has 0 bridgehead atoms. The molecule has 2 aromatic carbocycles. The first-order valence-corrected chi connectivity index (χ1v) is 16.5. The highest BCUT2D eigenvalue weighted by Gasteiger charge is 2.62. The molecule has 14 heteroatoms. The van der Waals surface area contributed by atoms with E-state index in [1.165, 1.54) is 35.5 Å². The molecule has 3 aliphatic rings. The molecular weight excluding hydrogens is 667 g/mol. The maximum Gasteiger partial charge on any atom is 0.345 e. The number of rotatable bonds is 6. The molecule has 0 radical (unpaired) electrons. The molecule has 0 unspecified atom stereocenters. The fourth-order valence-electron chi connectivity index (χ4n) is 5.76. The molecule has 3 heterocycles. The number of benzene rings is 2. The van der Waals surface area contributed by atoms with Crippen molar-refractivity contribution in [2.24, 2.45) is 0 Å². The van der Waals surface area contributed by atoms with Gasteiger partial charge >= 0.3 is 23.9 Å². The second kappa shape index (κ2) is 12.8. The quantitative estimate of drug-likeness (QED) is 0.288. The number of fused-ring (bicyclic) bond motifs is 3. The minimum atomic E-state index is -1.66. The van der Waals surface area contributed by atoms with E-state index < -0.39 is 33.5 Å². The number of thioether (sulfide) groups is 3. The highest BCUT2D eigenvalue weighted by atomic mass is 32.2. The van der Waals surface area contributed by atoms with Crippen LogP contribution in [0.3, 0.4) is 0 Å². The van der Waals surface area contributed by atoms with E-state index >= 15 is 0 Å². The third kappa shape index (κ3) is 5.32. The van der Waals surface area contributed by atoms with Crippen molar-refractivity contribution in [2.45, 2.75) is 30.4 Å². The molecule has 0 fully saturated rings. The Morgan fingerprint density at radius 2 is 1.28 bits per heavy atom. The van der Waals surface area contributed by atoms with E-state index in [4.69, 9.17) is 23.7 Å². The van der Waals surface area contributed by atoms with E-state index in [0.717, 1.165) is 40.8 Å². The van der Waals surface area contributed by atoms with Gasteiger partial charge in [0.2, 0.25) is 0 Å². The zero-order valence-electron chi connectivity index (χ0n) is 26.8. The number of ether oxygens (including phenoxy) is 5. The monoisotopic (exact) mass is 697 g/mol. The molecule has 0 aromatic heterocycles. The van der Waals surface area contributed by atoms with E-state index in [9.17, 15) is 24.0 Å². The van der Waals surface area contributed by atoms with Gasteiger partial charge in [-0.3, -0.25) is 9.69 Å². The fraction of sp³-hybridized carbons (Fsp3) is 0.303. The maximum atomic E-state index is 14.6. The van der Waals surface area contributed by atoms with Gasteiger partial charge in [-0.1, -0.05) is 59.6 Å². The standard InChI is InChI=1S/C33H31NO10S3/c1-16-11-9-14-19-20-26(32(2,3)34(22(16)19)27(35)17-12-10-13-18(15-17)40-4)45-23(29(37)42-6)21(28(36)41-5)33(20)46-24(30(38)43-7)25(47-33)31(39)44-8/h9-15H,1-8H3. The van der Waals surface area contributed by atoms with Gasteiger partial charge in [0.1, 0.15) is 24.5 Å². The molecule has 47 heavy (non-hydrogen) atoms. The Balaban J connectivity index is 1.89. The first-order valence-electron chi connectivity index (χ1n) is 14.0. The van der Waals surface area contributed by atoms with Crippen molar-refractivity contribution < 1.29 is 47.7 Å². The normalized spacial score (nSPS) is 17.6. The summed E-state index contributed by atoms with van der Waals surface area (Å²) in [6.07, 6.45) is 0. The summed E-state index contributed by atoms with van der Waals surface area (Å²) in [5.74, 6) is -3.23. The van der Waals surface area contributed by atoms with Gasteiger partial charge in [-0.15, -0.1) is 0 Å². The second-order valence-corrected chi connectivity index (χ2v) is 14.6. The van der Waals surface area contributed by atoms with E-state index in [-0.39, 0.29) is 26.2 Å². The highest BCUT2D eigenvalue weighted by Crippen LogP contribution is 2.71. The van der Waals surface area contributed by atoms with E-state index in [2.05, 4.69) is 0 Å². The van der Waals surface area contributed by atoms with Gasteiger partial charge in [0, 0.05) is 21.6 Å². The first-order chi connectivity index (χ1) is 22.3. The smallest absolute Gasteiger partial charge is 0.345 e. The molecule has 0 atom stereocenters. The number of para-hydroxylation sites is 1. The molecule has 11 nitrogen and oxygen atoms in total. The molecule has 2 aromatic rings. The lowest BCUT2D eigenvalue weighted by atomic mass is 9.82. The average Bonchev–Trinajstić information content (AvgIpc) is 3.47. The molecule has 246 valence electrons. The predicted molar refractivity (Wildman–Crippen MR) is 180 cm³/mol. The molecule has 1 spiro atoms. The van der Waals surface area contributed by atoms with Gasteiger partial charge in [-0.05, 0) is 44.5 Å². The Kier molecular flexibility index (Phi) is 9.32. The van der Waals surface area contributed by atoms with Crippen LogP contribution in [0.5, 0.6) is 5.75 Å². The molecule has 3 aliphatic heterocycles. The second-order valence-electron chi connectivity index (χ2n) is 10.9. The molecule has 1 amide bonds. The van der Waals surface area contributed by atoms with Crippen molar-refractivity contribution in [1.29, 1.82) is 0 Å². The van der Waals surface area contributed by atoms with Gasteiger partial charge in [0.15, 0.2) is 0 Å². The number of amides is 1. The summed E-state index contributed by atoms with van der Waals surface area (Å²) in [5.41, 5.74) is 1.38. The zero-order chi connectivity index (χ0) is 34.4. The Labute approximate surface area is 284 Å². The Morgan fingerprint density at radius 1 is 0.723 bits per heavy atom. The van der Waals surface area contributed by atoms with Crippen LogP contribution < -0.4 is 9.64 Å². The number of methoxy groups -OCH3 is 5. The van der Waals surface area contributed by atoms with E-state index in [0.29, 0.717) is 33.0 Å². The van der Waals surface area contributed by atoms with Crippen molar-refractivity contribution in [3.05, 3.63) is 84.3 Å². The lowest BCUT2D eigenvalue weighted by molar-refractivity contribution is -0.138. The third-order valence-electron chi connectivity index (χ3n) is 7.88. The van der Waals surface area contributed by atoms with Gasteiger partial charge in [0.05, 0.1) is 52.3 Å². The van der Waals surface area contributed by atoms with Gasteiger partial charge in [0.25, 0.3) is 5.91 Å². The molecule has 5 rings (SSSR count). The van der Waals surface area contributed by atoms with Crippen molar-refractivity contribution in [3.63, 3.8) is 0 Å². The van der Waals surface area contributed by atoms with Crippen LogP contribution in [-0.4, -0.2) is 75.0 Å². The number of anilines is 1. The molecular formula is C33H31NO10S3. The number of aryl methyl sites for hydroxylation is 1. The van der Waals surface area contributed by atoms with Crippen molar-refractivity contribution in [3.8, 4) is 5.75 Å². The first kappa shape index (κ1) is 34.2. The largest absolute Gasteiger partial charge is 0.497 e. The number of carbonyl (C=O) groups excluding carboxylic acids is 5. The van der Waals surface area contributed by atoms with Crippen molar-refractivity contribution in [2.75, 3.05) is 40.4 Å². The minimum Gasteiger partial charge on any atom is -0.497 e. The third-order valence-corrected chi connectivity index (χ3v) is 12.5. The van der Waals surface area contributed by atoms with Crippen LogP contribution in [-0.2, 0) is 38.1 Å². The zero-order valence-corrected chi connectivity index (χ0v) is 29.2. The van der Waals surface area contributed by atoms with Crippen LogP contribution in [0.25, 0.3) is 5.57 Å². The number of hydrogen-bond donors (Lipinski definition) is 0. The van der Waals surface area contributed by atoms with Gasteiger partial charge < -0.3 is 23.7 Å². The summed E-state index contributed by atoms with van der Waals surface area (Å²) >= 11 is 2.74. The van der Waals surface area contributed by atoms with Crippen LogP contribution in [0.2, 0.25) is 0 Å². The van der Waals surface area contributed by atoms with Gasteiger partial charge in [-0.2, -0.15) is 0 Å². The number of hydrogen-bond acceptors (Lipinski definition) is 13. The molecule has 0 saturated carbocycles. The SMILES string of the molecule is COC(=O)C1=C(C(=O)OC)SC2(S1)C(C(=O)OC)=C(C(=O)OC)SC1=C2c2cccc(C)c2N(C(=O)c2cccc(OC)c2)C1(C)C. The summed E-state index contributed by atoms with van der Waals surface area (Å²) in [7, 11) is 6.20. The summed E-state index contributed by atoms with van der Waals surface area (Å²) in [5, 5.41) is 0. The predicted octanol–water partition coefficient (Wildman–Crippen LogP) is 5.23. The van der Waals surface area contributed by atoms with Crippen LogP contribution in [0.4, 0.5) is 5.69 Å². The lowest BCUT2D eigenvalue weighted by Crippen LogP contribution is -2.54. The Bertz CT molecular complexity index is 1810. The fourth-order valence-corrected chi connectivity index (χ4v) is 10.8. The molecule has 0 saturated heterocycles. The summed E-state index contributed by atoms with van der Waals surface area (Å²) in [4.78, 5) is 70.1. The topological polar surface area (TPSA) is 135 Å². The molecule has 0 aliphatic carbocycles.